The van der Waals surface area contributed by atoms with Crippen LogP contribution in [0.1, 0.15) is 52.0 Å². The second-order valence-electron chi connectivity index (χ2n) is 7.11. The Morgan fingerprint density at radius 2 is 1.90 bits per heavy atom. The van der Waals surface area contributed by atoms with E-state index in [-0.39, 0.29) is 0 Å². The third-order valence-corrected chi connectivity index (χ3v) is 5.47. The van der Waals surface area contributed by atoms with E-state index in [0.29, 0.717) is 11.5 Å². The van der Waals surface area contributed by atoms with E-state index in [1.54, 1.807) is 0 Å². The summed E-state index contributed by atoms with van der Waals surface area (Å²) in [6.45, 7) is 7.96. The lowest BCUT2D eigenvalue weighted by molar-refractivity contribution is 0.161. The van der Waals surface area contributed by atoms with E-state index >= 15 is 0 Å². The molecule has 118 valence electrons. The zero-order valence-corrected chi connectivity index (χ0v) is 14.9. The first-order chi connectivity index (χ1) is 9.91. The summed E-state index contributed by atoms with van der Waals surface area (Å²) in [4.78, 5) is 0. The molecule has 1 unspecified atom stereocenters. The molecule has 2 rings (SSSR count). The highest BCUT2D eigenvalue weighted by Crippen LogP contribution is 2.40. The molecule has 1 aromatic carbocycles. The van der Waals surface area contributed by atoms with Gasteiger partial charge in [-0.2, -0.15) is 0 Å². The van der Waals surface area contributed by atoms with Gasteiger partial charge in [-0.1, -0.05) is 44.0 Å². The van der Waals surface area contributed by atoms with Crippen LogP contribution >= 0.6 is 23.2 Å². The van der Waals surface area contributed by atoms with Gasteiger partial charge >= 0.3 is 0 Å². The third kappa shape index (κ3) is 4.87. The largest absolute Gasteiger partial charge is 0.314 e. The Kier molecular flexibility index (Phi) is 5.99. The summed E-state index contributed by atoms with van der Waals surface area (Å²) in [6.07, 6.45) is 6.23. The molecule has 1 atom stereocenters. The van der Waals surface area contributed by atoms with Crippen molar-refractivity contribution in [2.24, 2.45) is 11.3 Å². The van der Waals surface area contributed by atoms with Gasteiger partial charge in [-0.05, 0) is 73.7 Å². The fraction of sp³-hybridized carbons (Fsp3) is 0.667. The molecule has 0 aromatic heterocycles. The summed E-state index contributed by atoms with van der Waals surface area (Å²) >= 11 is 12.5. The monoisotopic (exact) mass is 327 g/mol. The van der Waals surface area contributed by atoms with Crippen LogP contribution in [0.3, 0.4) is 0 Å². The number of benzene rings is 1. The second-order valence-corrected chi connectivity index (χ2v) is 7.95. The number of hydrogen-bond donors (Lipinski definition) is 1. The Hall–Kier alpha value is -0.240. The fourth-order valence-corrected chi connectivity index (χ4v) is 3.82. The van der Waals surface area contributed by atoms with Crippen molar-refractivity contribution in [3.05, 3.63) is 33.8 Å². The molecule has 21 heavy (non-hydrogen) atoms. The quantitative estimate of drug-likeness (QED) is 0.728. The highest BCUT2D eigenvalue weighted by Gasteiger charge is 2.31. The van der Waals surface area contributed by atoms with E-state index < -0.39 is 0 Å². The van der Waals surface area contributed by atoms with Gasteiger partial charge in [0.2, 0.25) is 0 Å². The second kappa shape index (κ2) is 7.35. The Balaban J connectivity index is 2.07. The van der Waals surface area contributed by atoms with Crippen molar-refractivity contribution in [1.82, 2.24) is 5.32 Å². The van der Waals surface area contributed by atoms with Gasteiger partial charge in [-0.25, -0.2) is 0 Å². The Bertz CT molecular complexity index is 460. The van der Waals surface area contributed by atoms with Crippen LogP contribution in [0.15, 0.2) is 18.2 Å². The lowest BCUT2D eigenvalue weighted by Crippen LogP contribution is -2.40. The number of nitrogens with one attached hydrogen (secondary N) is 1. The summed E-state index contributed by atoms with van der Waals surface area (Å²) in [6, 6.07) is 6.29. The molecule has 1 aromatic rings. The van der Waals surface area contributed by atoms with Gasteiger partial charge in [-0.15, -0.1) is 0 Å². The van der Waals surface area contributed by atoms with Crippen molar-refractivity contribution in [1.29, 1.82) is 0 Å². The van der Waals surface area contributed by atoms with Gasteiger partial charge in [0.25, 0.3) is 0 Å². The van der Waals surface area contributed by atoms with E-state index in [1.807, 2.05) is 18.2 Å². The maximum atomic E-state index is 6.34. The van der Waals surface area contributed by atoms with E-state index in [4.69, 9.17) is 23.2 Å². The average molecular weight is 328 g/mol. The molecule has 0 heterocycles. The molecular formula is C18H27Cl2N. The highest BCUT2D eigenvalue weighted by molar-refractivity contribution is 6.33. The molecule has 1 aliphatic rings. The molecule has 1 aliphatic carbocycles. The van der Waals surface area contributed by atoms with Crippen LogP contribution in [0.4, 0.5) is 0 Å². The SMILES string of the molecule is CCNC(Cc1cc(Cl)ccc1Cl)C1CCC(C)(C)CC1. The summed E-state index contributed by atoms with van der Waals surface area (Å²) < 4.78 is 0. The molecule has 0 spiro atoms. The molecule has 0 amide bonds. The molecule has 1 N–H and O–H groups in total. The van der Waals surface area contributed by atoms with Crippen LogP contribution in [-0.2, 0) is 6.42 Å². The van der Waals surface area contributed by atoms with Gasteiger partial charge in [-0.3, -0.25) is 0 Å². The van der Waals surface area contributed by atoms with Gasteiger partial charge in [0.05, 0.1) is 0 Å². The maximum absolute atomic E-state index is 6.34. The van der Waals surface area contributed by atoms with E-state index in [1.165, 1.54) is 31.2 Å². The first-order valence-electron chi connectivity index (χ1n) is 8.08. The van der Waals surface area contributed by atoms with Crippen molar-refractivity contribution in [2.75, 3.05) is 6.54 Å². The van der Waals surface area contributed by atoms with Crippen LogP contribution in [0, 0.1) is 11.3 Å². The molecule has 1 nitrogen and oxygen atoms in total. The molecule has 0 bridgehead atoms. The summed E-state index contributed by atoms with van der Waals surface area (Å²) in [5.41, 5.74) is 1.68. The third-order valence-electron chi connectivity index (χ3n) is 4.87. The lowest BCUT2D eigenvalue weighted by Gasteiger charge is -2.38. The van der Waals surface area contributed by atoms with Gasteiger partial charge in [0.1, 0.15) is 0 Å². The Morgan fingerprint density at radius 1 is 1.24 bits per heavy atom. The Labute approximate surface area is 139 Å². The summed E-state index contributed by atoms with van der Waals surface area (Å²) in [7, 11) is 0. The predicted octanol–water partition coefficient (Wildman–Crippen LogP) is 5.73. The first kappa shape index (κ1) is 17.1. The molecule has 1 fully saturated rings. The molecule has 3 heteroatoms. The van der Waals surface area contributed by atoms with E-state index in [9.17, 15) is 0 Å². The minimum atomic E-state index is 0.502. The van der Waals surface area contributed by atoms with Crippen LogP contribution in [0.5, 0.6) is 0 Å². The standard InChI is InChI=1S/C18H27Cl2N/c1-4-21-17(13-7-9-18(2,3)10-8-13)12-14-11-15(19)5-6-16(14)20/h5-6,11,13,17,21H,4,7-10,12H2,1-3H3. The molecule has 0 saturated heterocycles. The fourth-order valence-electron chi connectivity index (χ4n) is 3.43. The van der Waals surface area contributed by atoms with Gasteiger partial charge < -0.3 is 5.32 Å². The average Bonchev–Trinajstić information content (AvgIpc) is 2.42. The van der Waals surface area contributed by atoms with Gasteiger partial charge in [0, 0.05) is 16.1 Å². The van der Waals surface area contributed by atoms with Crippen molar-refractivity contribution < 1.29 is 0 Å². The maximum Gasteiger partial charge on any atom is 0.0439 e. The van der Waals surface area contributed by atoms with Crippen molar-refractivity contribution >= 4 is 23.2 Å². The zero-order valence-electron chi connectivity index (χ0n) is 13.4. The van der Waals surface area contributed by atoms with E-state index in [0.717, 1.165) is 28.9 Å². The Morgan fingerprint density at radius 3 is 2.52 bits per heavy atom. The number of rotatable bonds is 5. The molecular weight excluding hydrogens is 301 g/mol. The molecule has 0 aliphatic heterocycles. The lowest BCUT2D eigenvalue weighted by atomic mass is 9.70. The van der Waals surface area contributed by atoms with Gasteiger partial charge in [0.15, 0.2) is 0 Å². The molecule has 1 saturated carbocycles. The van der Waals surface area contributed by atoms with Crippen molar-refractivity contribution in [2.45, 2.75) is 58.9 Å². The highest BCUT2D eigenvalue weighted by atomic mass is 35.5. The predicted molar refractivity (Wildman–Crippen MR) is 93.4 cm³/mol. The summed E-state index contributed by atoms with van der Waals surface area (Å²) in [5.74, 6) is 0.744. The minimum absolute atomic E-state index is 0.502. The van der Waals surface area contributed by atoms with Crippen molar-refractivity contribution in [3.63, 3.8) is 0 Å². The number of likely N-dealkylation sites (N-methyl/N-ethyl adjacent to an activating group) is 1. The van der Waals surface area contributed by atoms with E-state index in [2.05, 4.69) is 26.1 Å². The zero-order chi connectivity index (χ0) is 15.5. The topological polar surface area (TPSA) is 12.0 Å². The van der Waals surface area contributed by atoms with Crippen LogP contribution in [0.2, 0.25) is 10.0 Å². The number of halogens is 2. The smallest absolute Gasteiger partial charge is 0.0439 e. The van der Waals surface area contributed by atoms with Crippen molar-refractivity contribution in [3.8, 4) is 0 Å². The van der Waals surface area contributed by atoms with Crippen LogP contribution < -0.4 is 5.32 Å². The number of hydrogen-bond acceptors (Lipinski definition) is 1. The molecule has 0 radical (unpaired) electrons. The van der Waals surface area contributed by atoms with Crippen LogP contribution in [0.25, 0.3) is 0 Å². The first-order valence-corrected chi connectivity index (χ1v) is 8.84. The minimum Gasteiger partial charge on any atom is -0.314 e. The summed E-state index contributed by atoms with van der Waals surface area (Å²) in [5, 5.41) is 5.28. The van der Waals surface area contributed by atoms with Crippen LogP contribution in [-0.4, -0.2) is 12.6 Å². The normalized spacial score (nSPS) is 20.4.